The van der Waals surface area contributed by atoms with E-state index in [-0.39, 0.29) is 4.99 Å². The Hall–Kier alpha value is -1.31. The second-order valence-electron chi connectivity index (χ2n) is 4.26. The Bertz CT molecular complexity index is 455. The molecule has 2 N–H and O–H groups in total. The summed E-state index contributed by atoms with van der Waals surface area (Å²) in [5.41, 5.74) is 8.07. The second kappa shape index (κ2) is 8.78. The lowest BCUT2D eigenvalue weighted by molar-refractivity contribution is 0.0641. The molecule has 1 aromatic heterocycles. The Kier molecular flexibility index (Phi) is 7.35. The second-order valence-corrected chi connectivity index (χ2v) is 4.70. The fourth-order valence-electron chi connectivity index (χ4n) is 1.55. The number of hydrogen-bond donors (Lipinski definition) is 1. The molecule has 0 radical (unpaired) electrons. The van der Waals surface area contributed by atoms with Crippen molar-refractivity contribution in [3.63, 3.8) is 0 Å². The van der Waals surface area contributed by atoms with Crippen molar-refractivity contribution >= 4 is 17.2 Å². The van der Waals surface area contributed by atoms with Crippen LogP contribution in [0.3, 0.4) is 0 Å². The highest BCUT2D eigenvalue weighted by molar-refractivity contribution is 7.80. The topological polar surface area (TPSA) is 79.5 Å². The Morgan fingerprint density at radius 2 is 1.90 bits per heavy atom. The van der Waals surface area contributed by atoms with Gasteiger partial charge in [0.25, 0.3) is 0 Å². The van der Waals surface area contributed by atoms with E-state index >= 15 is 0 Å². The minimum absolute atomic E-state index is 0.270. The van der Waals surface area contributed by atoms with Gasteiger partial charge >= 0.3 is 0 Å². The standard InChI is InChI=1S/C13H21N3O3S/c1-9-10(2)15-16-13(11(9)12(14)20)19-6-4-5-18-8-7-17-3/h4-8H2,1-3H3,(H2,14,20). The van der Waals surface area contributed by atoms with Gasteiger partial charge in [0.15, 0.2) is 0 Å². The van der Waals surface area contributed by atoms with E-state index < -0.39 is 0 Å². The quantitative estimate of drug-likeness (QED) is 0.541. The first-order valence-corrected chi connectivity index (χ1v) is 6.82. The van der Waals surface area contributed by atoms with Gasteiger partial charge in [0, 0.05) is 20.1 Å². The lowest BCUT2D eigenvalue weighted by Gasteiger charge is -2.12. The van der Waals surface area contributed by atoms with Crippen molar-refractivity contribution in [2.24, 2.45) is 5.73 Å². The van der Waals surface area contributed by atoms with Crippen LogP contribution in [0.4, 0.5) is 0 Å². The third-order valence-corrected chi connectivity index (χ3v) is 2.98. The van der Waals surface area contributed by atoms with Gasteiger partial charge in [-0.25, -0.2) is 0 Å². The molecule has 0 aliphatic heterocycles. The summed E-state index contributed by atoms with van der Waals surface area (Å²) in [5, 5.41) is 8.03. The minimum Gasteiger partial charge on any atom is -0.476 e. The summed E-state index contributed by atoms with van der Waals surface area (Å²) in [7, 11) is 1.64. The number of thiocarbonyl (C=S) groups is 1. The molecule has 0 amide bonds. The number of hydrogen-bond acceptors (Lipinski definition) is 6. The number of ether oxygens (including phenoxy) is 3. The van der Waals surface area contributed by atoms with E-state index in [1.54, 1.807) is 7.11 Å². The number of aryl methyl sites for hydroxylation is 1. The lowest BCUT2D eigenvalue weighted by atomic mass is 10.1. The van der Waals surface area contributed by atoms with Crippen LogP contribution in [-0.2, 0) is 9.47 Å². The molecule has 1 aromatic rings. The van der Waals surface area contributed by atoms with Crippen LogP contribution in [0.1, 0.15) is 23.2 Å². The summed E-state index contributed by atoms with van der Waals surface area (Å²) in [6.07, 6.45) is 0.745. The van der Waals surface area contributed by atoms with Crippen molar-refractivity contribution in [2.75, 3.05) is 33.5 Å². The van der Waals surface area contributed by atoms with Gasteiger partial charge in [-0.1, -0.05) is 12.2 Å². The van der Waals surface area contributed by atoms with Crippen LogP contribution < -0.4 is 10.5 Å². The Morgan fingerprint density at radius 3 is 2.55 bits per heavy atom. The number of nitrogens with zero attached hydrogens (tertiary/aromatic N) is 2. The smallest absolute Gasteiger partial charge is 0.244 e. The van der Waals surface area contributed by atoms with E-state index in [0.29, 0.717) is 37.9 Å². The van der Waals surface area contributed by atoms with E-state index in [0.717, 1.165) is 17.7 Å². The molecule has 0 saturated carbocycles. The zero-order valence-corrected chi connectivity index (χ0v) is 13.0. The van der Waals surface area contributed by atoms with Crippen LogP contribution in [0.5, 0.6) is 5.88 Å². The van der Waals surface area contributed by atoms with Crippen molar-refractivity contribution in [1.82, 2.24) is 10.2 Å². The first-order valence-electron chi connectivity index (χ1n) is 6.41. The number of methoxy groups -OCH3 is 1. The molecule has 0 bridgehead atoms. The molecule has 7 heteroatoms. The van der Waals surface area contributed by atoms with Crippen LogP contribution >= 0.6 is 12.2 Å². The highest BCUT2D eigenvalue weighted by Crippen LogP contribution is 2.20. The molecular weight excluding hydrogens is 278 g/mol. The SMILES string of the molecule is COCCOCCCOc1nnc(C)c(C)c1C(N)=S. The molecule has 0 unspecified atom stereocenters. The molecule has 112 valence electrons. The summed E-state index contributed by atoms with van der Waals surface area (Å²) in [4.78, 5) is 0.270. The van der Waals surface area contributed by atoms with Gasteiger partial charge in [0.1, 0.15) is 4.99 Å². The van der Waals surface area contributed by atoms with Gasteiger partial charge in [-0.05, 0) is 19.4 Å². The highest BCUT2D eigenvalue weighted by Gasteiger charge is 2.14. The monoisotopic (exact) mass is 299 g/mol. The van der Waals surface area contributed by atoms with Crippen molar-refractivity contribution in [3.8, 4) is 5.88 Å². The van der Waals surface area contributed by atoms with Crippen LogP contribution in [0.2, 0.25) is 0 Å². The number of rotatable bonds is 9. The van der Waals surface area contributed by atoms with Crippen LogP contribution in [0, 0.1) is 13.8 Å². The maximum absolute atomic E-state index is 5.71. The van der Waals surface area contributed by atoms with Crippen molar-refractivity contribution in [3.05, 3.63) is 16.8 Å². The Morgan fingerprint density at radius 1 is 1.15 bits per heavy atom. The molecule has 1 rings (SSSR count). The highest BCUT2D eigenvalue weighted by atomic mass is 32.1. The summed E-state index contributed by atoms with van der Waals surface area (Å²) in [6.45, 7) is 6.01. The zero-order chi connectivity index (χ0) is 15.0. The molecule has 6 nitrogen and oxygen atoms in total. The predicted molar refractivity (Wildman–Crippen MR) is 80.2 cm³/mol. The lowest BCUT2D eigenvalue weighted by Crippen LogP contribution is -2.17. The predicted octanol–water partition coefficient (Wildman–Crippen LogP) is 1.16. The molecule has 20 heavy (non-hydrogen) atoms. The van der Waals surface area contributed by atoms with Crippen LogP contribution in [0.25, 0.3) is 0 Å². The molecule has 0 aliphatic carbocycles. The maximum atomic E-state index is 5.71. The molecule has 0 fully saturated rings. The average molecular weight is 299 g/mol. The molecule has 0 saturated heterocycles. The molecular formula is C13H21N3O3S. The van der Waals surface area contributed by atoms with E-state index in [9.17, 15) is 0 Å². The first kappa shape index (κ1) is 16.7. The van der Waals surface area contributed by atoms with Gasteiger partial charge in [0.2, 0.25) is 5.88 Å². The summed E-state index contributed by atoms with van der Waals surface area (Å²) < 4.78 is 15.8. The Balaban J connectivity index is 2.48. The van der Waals surface area contributed by atoms with E-state index in [4.69, 9.17) is 32.2 Å². The van der Waals surface area contributed by atoms with E-state index in [2.05, 4.69) is 10.2 Å². The van der Waals surface area contributed by atoms with Gasteiger partial charge in [-0.15, -0.1) is 5.10 Å². The summed E-state index contributed by atoms with van der Waals surface area (Å²) >= 11 is 5.04. The van der Waals surface area contributed by atoms with Gasteiger partial charge < -0.3 is 19.9 Å². The zero-order valence-electron chi connectivity index (χ0n) is 12.1. The van der Waals surface area contributed by atoms with E-state index in [1.807, 2.05) is 13.8 Å². The van der Waals surface area contributed by atoms with Gasteiger partial charge in [-0.2, -0.15) is 5.10 Å². The third kappa shape index (κ3) is 4.99. The summed E-state index contributed by atoms with van der Waals surface area (Å²) in [6, 6.07) is 0. The number of nitrogens with two attached hydrogens (primary N) is 1. The van der Waals surface area contributed by atoms with Crippen molar-refractivity contribution in [1.29, 1.82) is 0 Å². The molecule has 0 spiro atoms. The molecule has 0 aliphatic rings. The maximum Gasteiger partial charge on any atom is 0.244 e. The number of aromatic nitrogens is 2. The minimum atomic E-state index is 0.270. The van der Waals surface area contributed by atoms with Gasteiger partial charge in [0.05, 0.1) is 31.1 Å². The molecule has 0 atom stereocenters. The van der Waals surface area contributed by atoms with Crippen molar-refractivity contribution < 1.29 is 14.2 Å². The summed E-state index contributed by atoms with van der Waals surface area (Å²) in [5.74, 6) is 0.387. The van der Waals surface area contributed by atoms with Crippen LogP contribution in [-0.4, -0.2) is 48.7 Å². The normalized spacial score (nSPS) is 10.6. The molecule has 1 heterocycles. The fraction of sp³-hybridized carbons (Fsp3) is 0.615. The van der Waals surface area contributed by atoms with Crippen LogP contribution in [0.15, 0.2) is 0 Å². The first-order chi connectivity index (χ1) is 9.57. The fourth-order valence-corrected chi connectivity index (χ4v) is 1.79. The van der Waals surface area contributed by atoms with Gasteiger partial charge in [-0.3, -0.25) is 0 Å². The third-order valence-electron chi connectivity index (χ3n) is 2.77. The average Bonchev–Trinajstić information content (AvgIpc) is 2.41. The van der Waals surface area contributed by atoms with E-state index in [1.165, 1.54) is 0 Å². The largest absolute Gasteiger partial charge is 0.476 e. The Labute approximate surface area is 124 Å². The van der Waals surface area contributed by atoms with Crippen molar-refractivity contribution in [2.45, 2.75) is 20.3 Å². The molecule has 0 aromatic carbocycles.